The highest BCUT2D eigenvalue weighted by atomic mass is 79.9. The van der Waals surface area contributed by atoms with E-state index in [-0.39, 0.29) is 12.3 Å². The van der Waals surface area contributed by atoms with Gasteiger partial charge in [0.2, 0.25) is 17.6 Å². The molecule has 0 saturated heterocycles. The lowest BCUT2D eigenvalue weighted by Crippen LogP contribution is -2.12. The van der Waals surface area contributed by atoms with Gasteiger partial charge in [-0.15, -0.1) is 0 Å². The Kier molecular flexibility index (Phi) is 5.27. The number of aromatic nitrogens is 2. The summed E-state index contributed by atoms with van der Waals surface area (Å²) in [6.07, 6.45) is 0.640. The van der Waals surface area contributed by atoms with E-state index >= 15 is 0 Å². The third-order valence-electron chi connectivity index (χ3n) is 3.26. The van der Waals surface area contributed by atoms with E-state index in [1.165, 1.54) is 0 Å². The summed E-state index contributed by atoms with van der Waals surface area (Å²) in [6.45, 7) is 0. The van der Waals surface area contributed by atoms with Crippen molar-refractivity contribution in [2.75, 3.05) is 5.32 Å². The Morgan fingerprint density at radius 3 is 2.54 bits per heavy atom. The highest BCUT2D eigenvalue weighted by Crippen LogP contribution is 2.19. The molecular weight excluding hydrogens is 394 g/mol. The largest absolute Gasteiger partial charge is 0.339 e. The van der Waals surface area contributed by atoms with Gasteiger partial charge in [0, 0.05) is 33.6 Å². The van der Waals surface area contributed by atoms with E-state index in [1.54, 1.807) is 12.1 Å². The molecule has 0 unspecified atom stereocenters. The van der Waals surface area contributed by atoms with Crippen LogP contribution in [0.15, 0.2) is 57.5 Å². The van der Waals surface area contributed by atoms with Gasteiger partial charge in [-0.25, -0.2) is 0 Å². The number of carbonyl (C=O) groups is 1. The Labute approximate surface area is 152 Å². The smallest absolute Gasteiger partial charge is 0.227 e. The molecule has 3 aromatic rings. The molecule has 5 nitrogen and oxygen atoms in total. The fourth-order valence-corrected chi connectivity index (χ4v) is 2.44. The Morgan fingerprint density at radius 1 is 1.12 bits per heavy atom. The van der Waals surface area contributed by atoms with Crippen molar-refractivity contribution in [1.29, 1.82) is 0 Å². The predicted molar refractivity (Wildman–Crippen MR) is 95.8 cm³/mol. The van der Waals surface area contributed by atoms with Gasteiger partial charge < -0.3 is 9.84 Å². The fourth-order valence-electron chi connectivity index (χ4n) is 2.05. The van der Waals surface area contributed by atoms with Crippen molar-refractivity contribution in [3.8, 4) is 11.4 Å². The molecule has 0 spiro atoms. The van der Waals surface area contributed by atoms with E-state index in [0.717, 1.165) is 15.7 Å². The van der Waals surface area contributed by atoms with E-state index in [9.17, 15) is 4.79 Å². The maximum atomic E-state index is 12.0. The number of carbonyl (C=O) groups excluding carboxylic acids is 1. The van der Waals surface area contributed by atoms with Crippen LogP contribution in [0.2, 0.25) is 5.02 Å². The van der Waals surface area contributed by atoms with Crippen LogP contribution in [-0.2, 0) is 11.2 Å². The SMILES string of the molecule is O=C(CCc1nc(-c2ccc(Cl)cc2)no1)Nc1ccc(Br)cc1. The lowest BCUT2D eigenvalue weighted by Gasteiger charge is -2.03. The van der Waals surface area contributed by atoms with Gasteiger partial charge >= 0.3 is 0 Å². The van der Waals surface area contributed by atoms with Gasteiger partial charge in [-0.3, -0.25) is 4.79 Å². The molecule has 1 amide bonds. The summed E-state index contributed by atoms with van der Waals surface area (Å²) in [5.41, 5.74) is 1.56. The highest BCUT2D eigenvalue weighted by molar-refractivity contribution is 9.10. The molecule has 0 fully saturated rings. The van der Waals surface area contributed by atoms with Crippen LogP contribution in [0.25, 0.3) is 11.4 Å². The van der Waals surface area contributed by atoms with Crippen LogP contribution < -0.4 is 5.32 Å². The summed E-state index contributed by atoms with van der Waals surface area (Å²) < 4.78 is 6.14. The number of nitrogens with one attached hydrogen (secondary N) is 1. The molecule has 0 aliphatic rings. The first-order chi connectivity index (χ1) is 11.6. The number of halogens is 2. The summed E-state index contributed by atoms with van der Waals surface area (Å²) in [5.74, 6) is 0.796. The predicted octanol–water partition coefficient (Wildman–Crippen LogP) is 4.72. The number of hydrogen-bond acceptors (Lipinski definition) is 4. The molecule has 0 aliphatic heterocycles. The third-order valence-corrected chi connectivity index (χ3v) is 4.05. The Hall–Kier alpha value is -2.18. The minimum atomic E-state index is -0.108. The minimum absolute atomic E-state index is 0.108. The molecule has 3 rings (SSSR count). The van der Waals surface area contributed by atoms with E-state index < -0.39 is 0 Å². The molecule has 0 bridgehead atoms. The molecule has 0 radical (unpaired) electrons. The fraction of sp³-hybridized carbons (Fsp3) is 0.118. The van der Waals surface area contributed by atoms with E-state index in [0.29, 0.717) is 23.2 Å². The Morgan fingerprint density at radius 2 is 1.83 bits per heavy atom. The lowest BCUT2D eigenvalue weighted by atomic mass is 10.2. The van der Waals surface area contributed by atoms with Gasteiger partial charge in [0.1, 0.15) is 0 Å². The van der Waals surface area contributed by atoms with Crippen LogP contribution in [0.4, 0.5) is 5.69 Å². The normalized spacial score (nSPS) is 10.6. The molecular formula is C17H13BrClN3O2. The van der Waals surface area contributed by atoms with E-state index in [4.69, 9.17) is 16.1 Å². The van der Waals surface area contributed by atoms with Gasteiger partial charge in [-0.1, -0.05) is 32.7 Å². The second kappa shape index (κ2) is 7.59. The van der Waals surface area contributed by atoms with Crippen LogP contribution in [-0.4, -0.2) is 16.0 Å². The number of rotatable bonds is 5. The minimum Gasteiger partial charge on any atom is -0.339 e. The Bertz CT molecular complexity index is 832. The zero-order chi connectivity index (χ0) is 16.9. The standard InChI is InChI=1S/C17H13BrClN3O2/c18-12-3-7-14(8-4-12)20-15(23)9-10-16-21-17(22-24-16)11-1-5-13(19)6-2-11/h1-8H,9-10H2,(H,20,23). The topological polar surface area (TPSA) is 68.0 Å². The zero-order valence-corrected chi connectivity index (χ0v) is 14.8. The molecule has 7 heteroatoms. The van der Waals surface area contributed by atoms with Crippen LogP contribution >= 0.6 is 27.5 Å². The average molecular weight is 407 g/mol. The second-order valence-electron chi connectivity index (χ2n) is 5.07. The monoisotopic (exact) mass is 405 g/mol. The molecule has 0 atom stereocenters. The van der Waals surface area contributed by atoms with E-state index in [1.807, 2.05) is 36.4 Å². The number of amides is 1. The first-order valence-corrected chi connectivity index (χ1v) is 8.41. The molecule has 1 heterocycles. The molecule has 122 valence electrons. The number of benzene rings is 2. The molecule has 1 N–H and O–H groups in total. The van der Waals surface area contributed by atoms with Crippen LogP contribution in [0.5, 0.6) is 0 Å². The van der Waals surface area contributed by atoms with Crippen molar-refractivity contribution in [1.82, 2.24) is 10.1 Å². The third kappa shape index (κ3) is 4.43. The van der Waals surface area contributed by atoms with Crippen molar-refractivity contribution >= 4 is 39.1 Å². The summed E-state index contributed by atoms with van der Waals surface area (Å²) >= 11 is 9.20. The first-order valence-electron chi connectivity index (χ1n) is 7.24. The van der Waals surface area contributed by atoms with Crippen LogP contribution in [0.1, 0.15) is 12.3 Å². The molecule has 2 aromatic carbocycles. The van der Waals surface area contributed by atoms with Gasteiger partial charge in [0.25, 0.3) is 0 Å². The first kappa shape index (κ1) is 16.7. The maximum absolute atomic E-state index is 12.0. The van der Waals surface area contributed by atoms with Crippen molar-refractivity contribution in [3.63, 3.8) is 0 Å². The number of anilines is 1. The summed E-state index contributed by atoms with van der Waals surface area (Å²) in [6, 6.07) is 14.5. The molecule has 0 saturated carbocycles. The summed E-state index contributed by atoms with van der Waals surface area (Å²) in [4.78, 5) is 16.3. The second-order valence-corrected chi connectivity index (χ2v) is 6.43. The lowest BCUT2D eigenvalue weighted by molar-refractivity contribution is -0.116. The summed E-state index contributed by atoms with van der Waals surface area (Å²) in [5, 5.41) is 7.39. The maximum Gasteiger partial charge on any atom is 0.227 e. The molecule has 24 heavy (non-hydrogen) atoms. The number of aryl methyl sites for hydroxylation is 1. The molecule has 1 aromatic heterocycles. The number of nitrogens with zero attached hydrogens (tertiary/aromatic N) is 2. The van der Waals surface area contributed by atoms with Crippen molar-refractivity contribution in [3.05, 3.63) is 63.9 Å². The average Bonchev–Trinajstić information content (AvgIpc) is 3.05. The molecule has 0 aliphatic carbocycles. The quantitative estimate of drug-likeness (QED) is 0.665. The number of hydrogen-bond donors (Lipinski definition) is 1. The van der Waals surface area contributed by atoms with Gasteiger partial charge in [-0.2, -0.15) is 4.98 Å². The van der Waals surface area contributed by atoms with Gasteiger partial charge in [0.05, 0.1) is 0 Å². The van der Waals surface area contributed by atoms with Crippen LogP contribution in [0.3, 0.4) is 0 Å². The van der Waals surface area contributed by atoms with E-state index in [2.05, 4.69) is 31.4 Å². The summed E-state index contributed by atoms with van der Waals surface area (Å²) in [7, 11) is 0. The van der Waals surface area contributed by atoms with Gasteiger partial charge in [0.15, 0.2) is 0 Å². The van der Waals surface area contributed by atoms with Gasteiger partial charge in [-0.05, 0) is 48.5 Å². The highest BCUT2D eigenvalue weighted by Gasteiger charge is 2.11. The van der Waals surface area contributed by atoms with Crippen molar-refractivity contribution in [2.24, 2.45) is 0 Å². The Balaban J connectivity index is 1.56. The zero-order valence-electron chi connectivity index (χ0n) is 12.5. The van der Waals surface area contributed by atoms with Crippen LogP contribution in [0, 0.1) is 0 Å². The van der Waals surface area contributed by atoms with Crippen molar-refractivity contribution < 1.29 is 9.32 Å². The van der Waals surface area contributed by atoms with Crippen molar-refractivity contribution in [2.45, 2.75) is 12.8 Å².